The molecule has 0 atom stereocenters. The first-order valence-electron chi connectivity index (χ1n) is 18.2. The average molecular weight is 678 g/mol. The molecular weight excluding hydrogens is 647 g/mol. The molecular formula is C49H31N3O. The van der Waals surface area contributed by atoms with Crippen LogP contribution >= 0.6 is 0 Å². The van der Waals surface area contributed by atoms with E-state index < -0.39 is 0 Å². The van der Waals surface area contributed by atoms with E-state index in [9.17, 15) is 0 Å². The molecule has 248 valence electrons. The molecule has 53 heavy (non-hydrogen) atoms. The lowest BCUT2D eigenvalue weighted by atomic mass is 9.91. The van der Waals surface area contributed by atoms with Gasteiger partial charge in [-0.1, -0.05) is 133 Å². The predicted molar refractivity (Wildman–Crippen MR) is 220 cm³/mol. The van der Waals surface area contributed by atoms with Crippen molar-refractivity contribution in [2.75, 3.05) is 0 Å². The highest BCUT2D eigenvalue weighted by Crippen LogP contribution is 2.43. The molecule has 1 aliphatic rings. The van der Waals surface area contributed by atoms with Crippen LogP contribution in [0.15, 0.2) is 168 Å². The number of nitrogens with zero attached hydrogens (tertiary/aromatic N) is 3. The molecule has 0 bridgehead atoms. The Labute approximate surface area is 305 Å². The highest BCUT2D eigenvalue weighted by molar-refractivity contribution is 6.26. The first kappa shape index (κ1) is 29.8. The number of aromatic nitrogens is 3. The van der Waals surface area contributed by atoms with Gasteiger partial charge in [0.05, 0.1) is 0 Å². The third-order valence-electron chi connectivity index (χ3n) is 10.7. The van der Waals surface area contributed by atoms with Gasteiger partial charge in [0.1, 0.15) is 11.2 Å². The minimum atomic E-state index is 0.622. The smallest absolute Gasteiger partial charge is 0.164 e. The zero-order chi connectivity index (χ0) is 34.9. The number of hydrogen-bond donors (Lipinski definition) is 0. The third kappa shape index (κ3) is 4.80. The lowest BCUT2D eigenvalue weighted by molar-refractivity contribution is 0.670. The van der Waals surface area contributed by atoms with Crippen molar-refractivity contribution in [3.8, 4) is 33.9 Å². The summed E-state index contributed by atoms with van der Waals surface area (Å²) in [5.41, 5.74) is 6.66. The van der Waals surface area contributed by atoms with Gasteiger partial charge in [0.25, 0.3) is 0 Å². The van der Waals surface area contributed by atoms with Gasteiger partial charge in [0, 0.05) is 33.0 Å². The van der Waals surface area contributed by atoms with Gasteiger partial charge >= 0.3 is 0 Å². The van der Waals surface area contributed by atoms with E-state index in [1.54, 1.807) is 0 Å². The van der Waals surface area contributed by atoms with E-state index in [0.717, 1.165) is 68.0 Å². The Morgan fingerprint density at radius 1 is 0.434 bits per heavy atom. The summed E-state index contributed by atoms with van der Waals surface area (Å²) in [6, 6.07) is 51.6. The SMILES string of the molecule is C1=CC(c2nc(-c3ccc4ccccc4c3)nc(-c3ccc(-c4ccc5c6ccccc6c6ccccc6c5c4)c4oc5ccccc5c34)n2)=CCC1. The monoisotopic (exact) mass is 677 g/mol. The molecule has 0 unspecified atom stereocenters. The first-order chi connectivity index (χ1) is 26.3. The molecule has 0 amide bonds. The van der Waals surface area contributed by atoms with Crippen molar-refractivity contribution in [2.45, 2.75) is 12.8 Å². The topological polar surface area (TPSA) is 51.8 Å². The summed E-state index contributed by atoms with van der Waals surface area (Å²) in [6.45, 7) is 0. The van der Waals surface area contributed by atoms with Crippen molar-refractivity contribution in [1.29, 1.82) is 0 Å². The standard InChI is InChI=1S/C49H31N3O/c1-2-13-31(14-3-1)47-50-48(34-23-22-30-12-4-5-15-32(30)28-34)52-49(51-47)42-27-26-35(46-45(42)41-20-10-11-21-44(41)53-46)33-24-25-40-38-18-7-6-16-36(38)37-17-8-9-19-39(37)43(40)29-33/h2,4-29H,1,3H2. The molecule has 10 aromatic rings. The van der Waals surface area contributed by atoms with E-state index in [0.29, 0.717) is 17.5 Å². The maximum atomic E-state index is 6.79. The summed E-state index contributed by atoms with van der Waals surface area (Å²) in [6.07, 6.45) is 8.52. The lowest BCUT2D eigenvalue weighted by Gasteiger charge is -2.13. The van der Waals surface area contributed by atoms with Gasteiger partial charge in [-0.15, -0.1) is 0 Å². The van der Waals surface area contributed by atoms with Gasteiger partial charge < -0.3 is 4.42 Å². The summed E-state index contributed by atoms with van der Waals surface area (Å²) in [7, 11) is 0. The van der Waals surface area contributed by atoms with Crippen molar-refractivity contribution in [3.05, 3.63) is 170 Å². The summed E-state index contributed by atoms with van der Waals surface area (Å²) >= 11 is 0. The van der Waals surface area contributed by atoms with E-state index in [-0.39, 0.29) is 0 Å². The van der Waals surface area contributed by atoms with Crippen LogP contribution in [0.4, 0.5) is 0 Å². The maximum absolute atomic E-state index is 6.79. The van der Waals surface area contributed by atoms with Crippen LogP contribution in [0.3, 0.4) is 0 Å². The van der Waals surface area contributed by atoms with Crippen LogP contribution in [0, 0.1) is 0 Å². The van der Waals surface area contributed by atoms with Gasteiger partial charge in [0.2, 0.25) is 0 Å². The molecule has 2 aromatic heterocycles. The van der Waals surface area contributed by atoms with E-state index in [1.807, 2.05) is 12.1 Å². The second-order valence-electron chi connectivity index (χ2n) is 13.8. The molecule has 8 aromatic carbocycles. The third-order valence-corrected chi connectivity index (χ3v) is 10.7. The summed E-state index contributed by atoms with van der Waals surface area (Å²) in [5, 5.41) is 11.8. The van der Waals surface area contributed by atoms with E-state index in [2.05, 4.69) is 152 Å². The highest BCUT2D eigenvalue weighted by Gasteiger charge is 2.22. The zero-order valence-corrected chi connectivity index (χ0v) is 28.8. The number of para-hydroxylation sites is 1. The number of allylic oxidation sites excluding steroid dienone is 4. The largest absolute Gasteiger partial charge is 0.455 e. The molecule has 4 heteroatoms. The quantitative estimate of drug-likeness (QED) is 0.174. The minimum absolute atomic E-state index is 0.622. The normalized spacial score (nSPS) is 13.2. The molecule has 0 spiro atoms. The van der Waals surface area contributed by atoms with E-state index in [1.165, 1.54) is 37.7 Å². The van der Waals surface area contributed by atoms with E-state index >= 15 is 0 Å². The number of benzene rings is 8. The van der Waals surface area contributed by atoms with Crippen LogP contribution in [0.2, 0.25) is 0 Å². The zero-order valence-electron chi connectivity index (χ0n) is 28.8. The molecule has 0 fully saturated rings. The summed E-state index contributed by atoms with van der Waals surface area (Å²) in [5.74, 6) is 1.94. The lowest BCUT2D eigenvalue weighted by Crippen LogP contribution is -2.03. The van der Waals surface area contributed by atoms with Gasteiger partial charge in [0.15, 0.2) is 17.5 Å². The Morgan fingerprint density at radius 3 is 1.83 bits per heavy atom. The van der Waals surface area contributed by atoms with Crippen molar-refractivity contribution in [2.24, 2.45) is 0 Å². The minimum Gasteiger partial charge on any atom is -0.455 e. The Kier molecular flexibility index (Phi) is 6.65. The number of fused-ring (bicyclic) bond motifs is 10. The average Bonchev–Trinajstić information content (AvgIpc) is 3.63. The van der Waals surface area contributed by atoms with Gasteiger partial charge in [-0.25, -0.2) is 15.0 Å². The molecule has 0 saturated carbocycles. The fourth-order valence-electron chi connectivity index (χ4n) is 8.18. The molecule has 2 heterocycles. The number of rotatable bonds is 4. The summed E-state index contributed by atoms with van der Waals surface area (Å²) in [4.78, 5) is 15.4. The summed E-state index contributed by atoms with van der Waals surface area (Å²) < 4.78 is 6.79. The fourth-order valence-corrected chi connectivity index (χ4v) is 8.18. The number of hydrogen-bond acceptors (Lipinski definition) is 4. The van der Waals surface area contributed by atoms with Crippen molar-refractivity contribution < 1.29 is 4.42 Å². The van der Waals surface area contributed by atoms with Gasteiger partial charge in [-0.05, 0) is 91.8 Å². The molecule has 0 radical (unpaired) electrons. The van der Waals surface area contributed by atoms with Crippen LogP contribution in [0.25, 0.3) is 105 Å². The Bertz CT molecular complexity index is 3150. The van der Waals surface area contributed by atoms with Gasteiger partial charge in [-0.2, -0.15) is 0 Å². The molecule has 4 nitrogen and oxygen atoms in total. The number of furan rings is 1. The molecule has 0 aliphatic heterocycles. The Hall–Kier alpha value is -6.91. The van der Waals surface area contributed by atoms with Gasteiger partial charge in [-0.3, -0.25) is 0 Å². The van der Waals surface area contributed by atoms with Crippen LogP contribution in [0.5, 0.6) is 0 Å². The van der Waals surface area contributed by atoms with Crippen LogP contribution < -0.4 is 0 Å². The second-order valence-corrected chi connectivity index (χ2v) is 13.8. The molecule has 0 N–H and O–H groups in total. The van der Waals surface area contributed by atoms with E-state index in [4.69, 9.17) is 19.4 Å². The Balaban J connectivity index is 1.16. The van der Waals surface area contributed by atoms with Crippen LogP contribution in [-0.2, 0) is 0 Å². The molecule has 1 aliphatic carbocycles. The molecule has 11 rings (SSSR count). The first-order valence-corrected chi connectivity index (χ1v) is 18.2. The van der Waals surface area contributed by atoms with Crippen LogP contribution in [-0.4, -0.2) is 15.0 Å². The maximum Gasteiger partial charge on any atom is 0.164 e. The highest BCUT2D eigenvalue weighted by atomic mass is 16.3. The van der Waals surface area contributed by atoms with Crippen molar-refractivity contribution in [1.82, 2.24) is 15.0 Å². The molecule has 0 saturated heterocycles. The Morgan fingerprint density at radius 2 is 1.06 bits per heavy atom. The van der Waals surface area contributed by atoms with Crippen molar-refractivity contribution >= 4 is 70.6 Å². The predicted octanol–water partition coefficient (Wildman–Crippen LogP) is 13.1. The van der Waals surface area contributed by atoms with Crippen molar-refractivity contribution in [3.63, 3.8) is 0 Å². The second kappa shape index (κ2) is 11.8. The van der Waals surface area contributed by atoms with Crippen LogP contribution in [0.1, 0.15) is 18.7 Å². The fraction of sp³-hybridized carbons (Fsp3) is 0.0408.